The maximum absolute atomic E-state index is 12.2. The number of carbonyl (C=O) groups excluding carboxylic acids is 1. The molecule has 0 radical (unpaired) electrons. The Morgan fingerprint density at radius 2 is 2.16 bits per heavy atom. The van der Waals surface area contributed by atoms with E-state index in [4.69, 9.17) is 0 Å². The van der Waals surface area contributed by atoms with E-state index in [-0.39, 0.29) is 11.8 Å². The molecule has 1 fully saturated rings. The fraction of sp³-hybridized carbons (Fsp3) is 0.533. The molecule has 3 rings (SSSR count). The molecule has 0 unspecified atom stereocenters. The quantitative estimate of drug-likeness (QED) is 0.848. The Labute approximate surface area is 114 Å². The number of fused-ring (bicyclic) bond motifs is 1. The molecule has 0 bridgehead atoms. The number of hydrogen-bond acceptors (Lipinski definition) is 3. The van der Waals surface area contributed by atoms with Gasteiger partial charge in [-0.05, 0) is 50.0 Å². The minimum atomic E-state index is 0.159. The van der Waals surface area contributed by atoms with Crippen LogP contribution < -0.4 is 15.5 Å². The van der Waals surface area contributed by atoms with Gasteiger partial charge >= 0.3 is 0 Å². The van der Waals surface area contributed by atoms with Gasteiger partial charge in [-0.15, -0.1) is 0 Å². The van der Waals surface area contributed by atoms with E-state index >= 15 is 0 Å². The molecule has 2 N–H and O–H groups in total. The lowest BCUT2D eigenvalue weighted by Gasteiger charge is -2.22. The molecule has 0 aliphatic carbocycles. The van der Waals surface area contributed by atoms with E-state index in [1.165, 1.54) is 11.3 Å². The van der Waals surface area contributed by atoms with Gasteiger partial charge in [-0.25, -0.2) is 0 Å². The molecule has 0 saturated carbocycles. The van der Waals surface area contributed by atoms with Gasteiger partial charge in [0.15, 0.2) is 0 Å². The number of nitrogens with one attached hydrogen (secondary N) is 2. The van der Waals surface area contributed by atoms with E-state index in [0.29, 0.717) is 0 Å². The second kappa shape index (κ2) is 5.21. The average molecular weight is 259 g/mol. The van der Waals surface area contributed by atoms with Crippen molar-refractivity contribution in [1.82, 2.24) is 5.32 Å². The molecule has 0 atom stereocenters. The van der Waals surface area contributed by atoms with Gasteiger partial charge in [-0.2, -0.15) is 0 Å². The van der Waals surface area contributed by atoms with Crippen LogP contribution in [0.15, 0.2) is 18.2 Å². The van der Waals surface area contributed by atoms with Crippen molar-refractivity contribution >= 4 is 17.3 Å². The molecular formula is C15H21N3O. The lowest BCUT2D eigenvalue weighted by Crippen LogP contribution is -2.34. The van der Waals surface area contributed by atoms with Crippen molar-refractivity contribution in [2.75, 3.05) is 36.9 Å². The van der Waals surface area contributed by atoms with Gasteiger partial charge in [0.25, 0.3) is 0 Å². The third-order valence-corrected chi connectivity index (χ3v) is 4.19. The van der Waals surface area contributed by atoms with Crippen molar-refractivity contribution in [1.29, 1.82) is 0 Å². The summed E-state index contributed by atoms with van der Waals surface area (Å²) in [6.07, 6.45) is 2.99. The van der Waals surface area contributed by atoms with Gasteiger partial charge in [-0.3, -0.25) is 4.79 Å². The second-order valence-corrected chi connectivity index (χ2v) is 5.53. The van der Waals surface area contributed by atoms with Crippen LogP contribution in [0, 0.1) is 5.92 Å². The largest absolute Gasteiger partial charge is 0.374 e. The first kappa shape index (κ1) is 12.5. The van der Waals surface area contributed by atoms with Gasteiger partial charge in [0.2, 0.25) is 5.91 Å². The highest BCUT2D eigenvalue weighted by atomic mass is 16.1. The normalized spacial score (nSPS) is 19.3. The Kier molecular flexibility index (Phi) is 3.42. The molecule has 1 aromatic carbocycles. The minimum Gasteiger partial charge on any atom is -0.374 e. The molecule has 4 heteroatoms. The molecule has 1 amide bonds. The molecule has 2 heterocycles. The zero-order chi connectivity index (χ0) is 13.2. The lowest BCUT2D eigenvalue weighted by molar-refractivity contribution is -0.120. The van der Waals surface area contributed by atoms with Crippen molar-refractivity contribution < 1.29 is 4.79 Å². The highest BCUT2D eigenvalue weighted by molar-refractivity contribution is 5.93. The number of hydrogen-bond donors (Lipinski definition) is 2. The number of nitrogens with zero attached hydrogens (tertiary/aromatic N) is 1. The zero-order valence-electron chi connectivity index (χ0n) is 11.4. The van der Waals surface area contributed by atoms with Crippen molar-refractivity contribution in [2.24, 2.45) is 5.92 Å². The predicted molar refractivity (Wildman–Crippen MR) is 77.6 cm³/mol. The third-order valence-electron chi connectivity index (χ3n) is 4.19. The van der Waals surface area contributed by atoms with E-state index in [1.807, 2.05) is 6.07 Å². The smallest absolute Gasteiger partial charge is 0.227 e. The van der Waals surface area contributed by atoms with Crippen LogP contribution in [0.5, 0.6) is 0 Å². The summed E-state index contributed by atoms with van der Waals surface area (Å²) in [5.74, 6) is 0.328. The van der Waals surface area contributed by atoms with Crippen molar-refractivity contribution in [3.05, 3.63) is 23.8 Å². The molecule has 1 saturated heterocycles. The first-order valence-corrected chi connectivity index (χ1v) is 7.10. The molecule has 102 valence electrons. The number of piperidine rings is 1. The first-order chi connectivity index (χ1) is 9.24. The van der Waals surface area contributed by atoms with Gasteiger partial charge in [0.05, 0.1) is 0 Å². The van der Waals surface area contributed by atoms with E-state index in [1.54, 1.807) is 0 Å². The second-order valence-electron chi connectivity index (χ2n) is 5.53. The summed E-state index contributed by atoms with van der Waals surface area (Å²) < 4.78 is 0. The van der Waals surface area contributed by atoms with Gasteiger partial charge < -0.3 is 15.5 Å². The van der Waals surface area contributed by atoms with Crippen LogP contribution >= 0.6 is 0 Å². The molecule has 1 aromatic rings. The SMILES string of the molecule is CN1CCc2ccc(NC(=O)C3CCNCC3)cc21. The maximum Gasteiger partial charge on any atom is 0.227 e. The van der Waals surface area contributed by atoms with Gasteiger partial charge in [-0.1, -0.05) is 6.07 Å². The zero-order valence-corrected chi connectivity index (χ0v) is 11.4. The van der Waals surface area contributed by atoms with Crippen LogP contribution in [0.25, 0.3) is 0 Å². The topological polar surface area (TPSA) is 44.4 Å². The van der Waals surface area contributed by atoms with Crippen LogP contribution in [0.1, 0.15) is 18.4 Å². The first-order valence-electron chi connectivity index (χ1n) is 7.10. The number of rotatable bonds is 2. The fourth-order valence-electron chi connectivity index (χ4n) is 2.95. The van der Waals surface area contributed by atoms with Crippen molar-refractivity contribution in [3.63, 3.8) is 0 Å². The lowest BCUT2D eigenvalue weighted by atomic mass is 9.97. The molecule has 2 aliphatic rings. The van der Waals surface area contributed by atoms with E-state index in [9.17, 15) is 4.79 Å². The number of carbonyl (C=O) groups is 1. The van der Waals surface area contributed by atoms with Crippen LogP contribution in [-0.4, -0.2) is 32.6 Å². The maximum atomic E-state index is 12.2. The Morgan fingerprint density at radius 3 is 2.95 bits per heavy atom. The molecule has 0 spiro atoms. The molecule has 2 aliphatic heterocycles. The minimum absolute atomic E-state index is 0.159. The summed E-state index contributed by atoms with van der Waals surface area (Å²) in [5, 5.41) is 6.36. The van der Waals surface area contributed by atoms with E-state index in [2.05, 4.69) is 34.7 Å². The molecule has 4 nitrogen and oxygen atoms in total. The number of benzene rings is 1. The van der Waals surface area contributed by atoms with Crippen molar-refractivity contribution in [2.45, 2.75) is 19.3 Å². The predicted octanol–water partition coefficient (Wildman–Crippen LogP) is 1.62. The highest BCUT2D eigenvalue weighted by Gasteiger charge is 2.22. The number of likely N-dealkylation sites (N-methyl/N-ethyl adjacent to an activating group) is 1. The molecular weight excluding hydrogens is 238 g/mol. The summed E-state index contributed by atoms with van der Waals surface area (Å²) in [6, 6.07) is 6.26. The number of amides is 1. The highest BCUT2D eigenvalue weighted by Crippen LogP contribution is 2.29. The van der Waals surface area contributed by atoms with Crippen LogP contribution in [0.4, 0.5) is 11.4 Å². The summed E-state index contributed by atoms with van der Waals surface area (Å²) in [6.45, 7) is 2.97. The summed E-state index contributed by atoms with van der Waals surface area (Å²) in [4.78, 5) is 14.4. The number of anilines is 2. The average Bonchev–Trinajstić information content (AvgIpc) is 2.81. The van der Waals surface area contributed by atoms with Gasteiger partial charge in [0, 0.05) is 30.9 Å². The summed E-state index contributed by atoms with van der Waals surface area (Å²) >= 11 is 0. The van der Waals surface area contributed by atoms with Crippen LogP contribution in [0.3, 0.4) is 0 Å². The van der Waals surface area contributed by atoms with Crippen LogP contribution in [-0.2, 0) is 11.2 Å². The van der Waals surface area contributed by atoms with Crippen molar-refractivity contribution in [3.8, 4) is 0 Å². The van der Waals surface area contributed by atoms with Crippen LogP contribution in [0.2, 0.25) is 0 Å². The van der Waals surface area contributed by atoms with E-state index in [0.717, 1.165) is 44.6 Å². The van der Waals surface area contributed by atoms with E-state index < -0.39 is 0 Å². The molecule has 19 heavy (non-hydrogen) atoms. The Balaban J connectivity index is 1.69. The Bertz CT molecular complexity index is 480. The summed E-state index contributed by atoms with van der Waals surface area (Å²) in [5.41, 5.74) is 3.56. The standard InChI is InChI=1S/C15H21N3O/c1-18-9-6-11-2-3-13(10-14(11)18)17-15(19)12-4-7-16-8-5-12/h2-3,10,12,16H,4-9H2,1H3,(H,17,19). The fourth-order valence-corrected chi connectivity index (χ4v) is 2.95. The monoisotopic (exact) mass is 259 g/mol. The van der Waals surface area contributed by atoms with Gasteiger partial charge in [0.1, 0.15) is 0 Å². The Morgan fingerprint density at radius 1 is 1.37 bits per heavy atom. The Hall–Kier alpha value is -1.55. The molecule has 0 aromatic heterocycles. The summed E-state index contributed by atoms with van der Waals surface area (Å²) in [7, 11) is 2.10. The third kappa shape index (κ3) is 2.59.